The molecule has 2 heteroatoms. The van der Waals surface area contributed by atoms with Crippen molar-refractivity contribution >= 4 is 5.78 Å². The summed E-state index contributed by atoms with van der Waals surface area (Å²) in [5.41, 5.74) is 0. The molecule has 0 bridgehead atoms. The fraction of sp³-hybridized carbons (Fsp3) is 0.875. The van der Waals surface area contributed by atoms with Gasteiger partial charge in [0.05, 0.1) is 6.67 Å². The van der Waals surface area contributed by atoms with Gasteiger partial charge in [-0.25, -0.2) is 0 Å². The smallest absolute Gasteiger partial charge is 0.133 e. The van der Waals surface area contributed by atoms with Gasteiger partial charge in [-0.05, 0) is 19.3 Å². The molecule has 0 aliphatic rings. The van der Waals surface area contributed by atoms with Crippen LogP contribution in [0.5, 0.6) is 0 Å². The molecule has 0 aliphatic carbocycles. The Morgan fingerprint density at radius 3 is 2.10 bits per heavy atom. The van der Waals surface area contributed by atoms with Crippen LogP contribution in [0, 0.1) is 11.8 Å². The molecule has 0 amide bonds. The fourth-order valence-electron chi connectivity index (χ4n) is 1.12. The largest absolute Gasteiger partial charge is 0.300 e. The van der Waals surface area contributed by atoms with E-state index in [2.05, 4.69) is 0 Å². The van der Waals surface area contributed by atoms with Crippen molar-refractivity contribution in [3.8, 4) is 0 Å². The van der Waals surface area contributed by atoms with Gasteiger partial charge in [0.25, 0.3) is 0 Å². The van der Waals surface area contributed by atoms with Crippen molar-refractivity contribution in [2.45, 2.75) is 27.2 Å². The topological polar surface area (TPSA) is 17.1 Å². The van der Waals surface area contributed by atoms with Crippen molar-refractivity contribution in [2.75, 3.05) is 6.67 Å². The summed E-state index contributed by atoms with van der Waals surface area (Å²) in [4.78, 5) is 10.8. The van der Waals surface area contributed by atoms with Gasteiger partial charge in [0, 0.05) is 5.92 Å². The van der Waals surface area contributed by atoms with E-state index in [1.54, 1.807) is 0 Å². The van der Waals surface area contributed by atoms with Crippen LogP contribution in [-0.2, 0) is 4.79 Å². The third-order valence-electron chi connectivity index (χ3n) is 1.75. The fourth-order valence-corrected chi connectivity index (χ4v) is 1.12. The third-order valence-corrected chi connectivity index (χ3v) is 1.75. The van der Waals surface area contributed by atoms with Gasteiger partial charge in [-0.15, -0.1) is 0 Å². The molecule has 0 spiro atoms. The monoisotopic (exact) mass is 146 g/mol. The van der Waals surface area contributed by atoms with Crippen LogP contribution in [0.3, 0.4) is 0 Å². The lowest BCUT2D eigenvalue weighted by Gasteiger charge is -2.14. The van der Waals surface area contributed by atoms with Crippen molar-refractivity contribution in [1.82, 2.24) is 0 Å². The second-order valence-corrected chi connectivity index (χ2v) is 2.94. The van der Waals surface area contributed by atoms with Gasteiger partial charge in [-0.2, -0.15) is 0 Å². The predicted octanol–water partition coefficient (Wildman–Crippen LogP) is 2.21. The number of halogens is 1. The SMILES string of the molecule is CC(=O)C(CCF)C(C)C. The van der Waals surface area contributed by atoms with E-state index >= 15 is 0 Å². The summed E-state index contributed by atoms with van der Waals surface area (Å²) < 4.78 is 11.8. The summed E-state index contributed by atoms with van der Waals surface area (Å²) in [5, 5.41) is 0. The third kappa shape index (κ3) is 2.95. The zero-order chi connectivity index (χ0) is 8.15. The number of hydrogen-bond donors (Lipinski definition) is 0. The molecule has 0 aromatic rings. The molecule has 1 atom stereocenters. The van der Waals surface area contributed by atoms with Gasteiger partial charge < -0.3 is 0 Å². The van der Waals surface area contributed by atoms with Crippen LogP contribution >= 0.6 is 0 Å². The summed E-state index contributed by atoms with van der Waals surface area (Å²) >= 11 is 0. The van der Waals surface area contributed by atoms with E-state index in [4.69, 9.17) is 0 Å². The number of rotatable bonds is 4. The minimum absolute atomic E-state index is 0.0787. The number of Topliss-reactive ketones (excluding diaryl/α,β-unsaturated/α-hetero) is 1. The molecule has 0 aromatic heterocycles. The van der Waals surface area contributed by atoms with E-state index in [0.29, 0.717) is 6.42 Å². The number of hydrogen-bond acceptors (Lipinski definition) is 1. The number of carbonyl (C=O) groups is 1. The Bertz CT molecular complexity index is 110. The Balaban J connectivity index is 3.85. The van der Waals surface area contributed by atoms with Crippen molar-refractivity contribution in [3.63, 3.8) is 0 Å². The van der Waals surface area contributed by atoms with Gasteiger partial charge in [0.15, 0.2) is 0 Å². The van der Waals surface area contributed by atoms with Crippen LogP contribution < -0.4 is 0 Å². The van der Waals surface area contributed by atoms with Crippen LogP contribution in [-0.4, -0.2) is 12.5 Å². The lowest BCUT2D eigenvalue weighted by Crippen LogP contribution is -2.17. The summed E-state index contributed by atoms with van der Waals surface area (Å²) in [5.74, 6) is 0.297. The average molecular weight is 146 g/mol. The Labute approximate surface area is 61.6 Å². The van der Waals surface area contributed by atoms with Crippen LogP contribution in [0.1, 0.15) is 27.2 Å². The van der Waals surface area contributed by atoms with Crippen LogP contribution in [0.25, 0.3) is 0 Å². The molecule has 0 saturated heterocycles. The van der Waals surface area contributed by atoms with Crippen LogP contribution in [0.15, 0.2) is 0 Å². The quantitative estimate of drug-likeness (QED) is 0.594. The molecule has 60 valence electrons. The molecule has 1 nitrogen and oxygen atoms in total. The molecule has 0 saturated carbocycles. The first-order chi connectivity index (χ1) is 4.59. The summed E-state index contributed by atoms with van der Waals surface area (Å²) in [6.07, 6.45) is 0.382. The molecule has 0 aliphatic heterocycles. The molecule has 0 radical (unpaired) electrons. The molecular formula is C8H15FO. The van der Waals surface area contributed by atoms with E-state index in [0.717, 1.165) is 0 Å². The first-order valence-electron chi connectivity index (χ1n) is 3.66. The molecule has 0 rings (SSSR count). The Hall–Kier alpha value is -0.400. The summed E-state index contributed by atoms with van der Waals surface area (Å²) in [7, 11) is 0. The highest BCUT2D eigenvalue weighted by Crippen LogP contribution is 2.15. The minimum atomic E-state index is -0.386. The molecule has 0 heterocycles. The Kier molecular flexibility index (Phi) is 4.24. The van der Waals surface area contributed by atoms with Crippen molar-refractivity contribution in [3.05, 3.63) is 0 Å². The second-order valence-electron chi connectivity index (χ2n) is 2.94. The van der Waals surface area contributed by atoms with E-state index < -0.39 is 0 Å². The molecular weight excluding hydrogens is 131 g/mol. The lowest BCUT2D eigenvalue weighted by atomic mass is 9.90. The molecule has 0 aromatic carbocycles. The van der Waals surface area contributed by atoms with Crippen molar-refractivity contribution < 1.29 is 9.18 Å². The highest BCUT2D eigenvalue weighted by molar-refractivity contribution is 5.78. The highest BCUT2D eigenvalue weighted by Gasteiger charge is 2.17. The molecule has 0 N–H and O–H groups in total. The van der Waals surface area contributed by atoms with Crippen molar-refractivity contribution in [2.24, 2.45) is 11.8 Å². The Morgan fingerprint density at radius 2 is 2.00 bits per heavy atom. The van der Waals surface area contributed by atoms with E-state index in [-0.39, 0.29) is 24.3 Å². The maximum Gasteiger partial charge on any atom is 0.133 e. The van der Waals surface area contributed by atoms with Crippen LogP contribution in [0.4, 0.5) is 4.39 Å². The van der Waals surface area contributed by atoms with Crippen molar-refractivity contribution in [1.29, 1.82) is 0 Å². The number of ketones is 1. The maximum absolute atomic E-state index is 11.8. The summed E-state index contributed by atoms with van der Waals surface area (Å²) in [6, 6.07) is 0. The van der Waals surface area contributed by atoms with E-state index in [9.17, 15) is 9.18 Å². The highest BCUT2D eigenvalue weighted by atomic mass is 19.1. The molecule has 0 fully saturated rings. The Morgan fingerprint density at radius 1 is 1.50 bits per heavy atom. The first-order valence-corrected chi connectivity index (χ1v) is 3.66. The standard InChI is InChI=1S/C8H15FO/c1-6(2)8(4-5-9)7(3)10/h6,8H,4-5H2,1-3H3. The normalized spacial score (nSPS) is 13.7. The minimum Gasteiger partial charge on any atom is -0.300 e. The maximum atomic E-state index is 11.8. The molecule has 1 unspecified atom stereocenters. The van der Waals surface area contributed by atoms with E-state index in [1.807, 2.05) is 13.8 Å². The molecule has 10 heavy (non-hydrogen) atoms. The predicted molar refractivity (Wildman–Crippen MR) is 39.6 cm³/mol. The average Bonchev–Trinajstić information content (AvgIpc) is 1.81. The zero-order valence-corrected chi connectivity index (χ0v) is 6.86. The van der Waals surface area contributed by atoms with Gasteiger partial charge in [-0.1, -0.05) is 13.8 Å². The van der Waals surface area contributed by atoms with Gasteiger partial charge in [0.1, 0.15) is 5.78 Å². The van der Waals surface area contributed by atoms with E-state index in [1.165, 1.54) is 6.92 Å². The van der Waals surface area contributed by atoms with Gasteiger partial charge in [0.2, 0.25) is 0 Å². The number of carbonyl (C=O) groups excluding carboxylic acids is 1. The number of alkyl halides is 1. The van der Waals surface area contributed by atoms with Gasteiger partial charge in [-0.3, -0.25) is 9.18 Å². The lowest BCUT2D eigenvalue weighted by molar-refractivity contribution is -0.122. The second kappa shape index (κ2) is 4.42. The van der Waals surface area contributed by atoms with Gasteiger partial charge >= 0.3 is 0 Å². The zero-order valence-electron chi connectivity index (χ0n) is 6.86. The first kappa shape index (κ1) is 9.60. The summed E-state index contributed by atoms with van der Waals surface area (Å²) in [6.45, 7) is 5.03. The van der Waals surface area contributed by atoms with Crippen LogP contribution in [0.2, 0.25) is 0 Å².